The molecule has 3 atom stereocenters. The minimum atomic E-state index is 0.180. The third-order valence-corrected chi connectivity index (χ3v) is 5.42. The zero-order valence-electron chi connectivity index (χ0n) is 14.7. The summed E-state index contributed by atoms with van der Waals surface area (Å²) in [6.45, 7) is 4.93. The first-order chi connectivity index (χ1) is 11.7. The lowest BCUT2D eigenvalue weighted by molar-refractivity contribution is -0.122. The van der Waals surface area contributed by atoms with Crippen molar-refractivity contribution in [1.82, 2.24) is 4.90 Å². The van der Waals surface area contributed by atoms with Crippen molar-refractivity contribution in [2.24, 2.45) is 5.92 Å². The maximum atomic E-state index is 12.1. The molecule has 2 aromatic rings. The Labute approximate surface area is 145 Å². The predicted octanol–water partition coefficient (Wildman–Crippen LogP) is 5.01. The van der Waals surface area contributed by atoms with Gasteiger partial charge >= 0.3 is 0 Å². The van der Waals surface area contributed by atoms with E-state index in [1.165, 1.54) is 11.1 Å². The van der Waals surface area contributed by atoms with E-state index >= 15 is 0 Å². The fourth-order valence-electron chi connectivity index (χ4n) is 4.07. The summed E-state index contributed by atoms with van der Waals surface area (Å²) in [5.74, 6) is 0.524. The van der Waals surface area contributed by atoms with Gasteiger partial charge in [-0.25, -0.2) is 0 Å². The minimum Gasteiger partial charge on any atom is -0.300 e. The SMILES string of the molecule is CC(=O)[C@H]1CCC[C@@H]1N(Cc1ccccc1)[C@@H](C)c1ccccc1. The fraction of sp³-hybridized carbons (Fsp3) is 0.409. The number of carbonyl (C=O) groups is 1. The molecule has 0 aromatic heterocycles. The molecule has 0 saturated heterocycles. The van der Waals surface area contributed by atoms with Gasteiger partial charge in [-0.3, -0.25) is 9.69 Å². The van der Waals surface area contributed by atoms with Crippen LogP contribution >= 0.6 is 0 Å². The predicted molar refractivity (Wildman–Crippen MR) is 98.7 cm³/mol. The molecular weight excluding hydrogens is 294 g/mol. The van der Waals surface area contributed by atoms with Crippen molar-refractivity contribution in [1.29, 1.82) is 0 Å². The summed E-state index contributed by atoms with van der Waals surface area (Å²) in [4.78, 5) is 14.7. The van der Waals surface area contributed by atoms with E-state index in [-0.39, 0.29) is 5.92 Å². The molecule has 0 amide bonds. The highest BCUT2D eigenvalue weighted by atomic mass is 16.1. The van der Waals surface area contributed by atoms with Gasteiger partial charge < -0.3 is 0 Å². The summed E-state index contributed by atoms with van der Waals surface area (Å²) in [5.41, 5.74) is 2.64. The number of benzene rings is 2. The molecule has 1 saturated carbocycles. The summed E-state index contributed by atoms with van der Waals surface area (Å²) in [6.07, 6.45) is 3.31. The Kier molecular flexibility index (Phi) is 5.47. The lowest BCUT2D eigenvalue weighted by Gasteiger charge is -2.37. The molecule has 0 spiro atoms. The first-order valence-corrected chi connectivity index (χ1v) is 9.02. The van der Waals surface area contributed by atoms with Gasteiger partial charge in [-0.05, 0) is 37.8 Å². The van der Waals surface area contributed by atoms with E-state index in [2.05, 4.69) is 72.5 Å². The van der Waals surface area contributed by atoms with E-state index in [0.29, 0.717) is 17.9 Å². The Morgan fingerprint density at radius 3 is 2.29 bits per heavy atom. The lowest BCUT2D eigenvalue weighted by atomic mass is 9.94. The average molecular weight is 321 g/mol. The van der Waals surface area contributed by atoms with Crippen molar-refractivity contribution in [3.63, 3.8) is 0 Å². The van der Waals surface area contributed by atoms with Crippen molar-refractivity contribution in [3.8, 4) is 0 Å². The van der Waals surface area contributed by atoms with Crippen LogP contribution < -0.4 is 0 Å². The molecule has 0 radical (unpaired) electrons. The van der Waals surface area contributed by atoms with Crippen LogP contribution in [0.1, 0.15) is 50.3 Å². The molecule has 1 fully saturated rings. The molecule has 126 valence electrons. The van der Waals surface area contributed by atoms with Gasteiger partial charge in [-0.2, -0.15) is 0 Å². The second kappa shape index (κ2) is 7.76. The summed E-state index contributed by atoms with van der Waals surface area (Å²) < 4.78 is 0. The van der Waals surface area contributed by atoms with E-state index in [1.54, 1.807) is 6.92 Å². The first-order valence-electron chi connectivity index (χ1n) is 9.02. The molecule has 2 nitrogen and oxygen atoms in total. The molecule has 0 heterocycles. The number of rotatable bonds is 6. The molecule has 24 heavy (non-hydrogen) atoms. The van der Waals surface area contributed by atoms with Gasteiger partial charge in [-0.1, -0.05) is 67.1 Å². The quantitative estimate of drug-likeness (QED) is 0.745. The number of ketones is 1. The Hall–Kier alpha value is -1.93. The highest BCUT2D eigenvalue weighted by molar-refractivity contribution is 5.79. The normalized spacial score (nSPS) is 21.8. The van der Waals surface area contributed by atoms with Crippen molar-refractivity contribution in [2.75, 3.05) is 0 Å². The van der Waals surface area contributed by atoms with E-state index < -0.39 is 0 Å². The van der Waals surface area contributed by atoms with Crippen LogP contribution in [-0.4, -0.2) is 16.7 Å². The van der Waals surface area contributed by atoms with E-state index in [0.717, 1.165) is 25.8 Å². The monoisotopic (exact) mass is 321 g/mol. The molecule has 2 aromatic carbocycles. The van der Waals surface area contributed by atoms with Crippen LogP contribution in [0.15, 0.2) is 60.7 Å². The lowest BCUT2D eigenvalue weighted by Crippen LogP contribution is -2.41. The van der Waals surface area contributed by atoms with Crippen molar-refractivity contribution < 1.29 is 4.79 Å². The van der Waals surface area contributed by atoms with Crippen LogP contribution in [0.5, 0.6) is 0 Å². The third-order valence-electron chi connectivity index (χ3n) is 5.42. The Morgan fingerprint density at radius 1 is 1.04 bits per heavy atom. The molecule has 2 heteroatoms. The number of carbonyl (C=O) groups excluding carboxylic acids is 1. The van der Waals surface area contributed by atoms with Crippen LogP contribution in [0.3, 0.4) is 0 Å². The topological polar surface area (TPSA) is 20.3 Å². The highest BCUT2D eigenvalue weighted by Crippen LogP contribution is 2.36. The van der Waals surface area contributed by atoms with Crippen LogP contribution in [0.25, 0.3) is 0 Å². The van der Waals surface area contributed by atoms with Gasteiger partial charge in [0.1, 0.15) is 5.78 Å². The van der Waals surface area contributed by atoms with Gasteiger partial charge in [0, 0.05) is 24.5 Å². The van der Waals surface area contributed by atoms with Gasteiger partial charge in [0.15, 0.2) is 0 Å². The van der Waals surface area contributed by atoms with Gasteiger partial charge in [-0.15, -0.1) is 0 Å². The van der Waals surface area contributed by atoms with Gasteiger partial charge in [0.25, 0.3) is 0 Å². The fourth-order valence-corrected chi connectivity index (χ4v) is 4.07. The molecular formula is C22H27NO. The first kappa shape index (κ1) is 16.9. The summed E-state index contributed by atoms with van der Waals surface area (Å²) >= 11 is 0. The second-order valence-electron chi connectivity index (χ2n) is 6.96. The largest absolute Gasteiger partial charge is 0.300 e. The zero-order valence-corrected chi connectivity index (χ0v) is 14.7. The van der Waals surface area contributed by atoms with E-state index in [9.17, 15) is 4.79 Å². The molecule has 1 aliphatic rings. The summed E-state index contributed by atoms with van der Waals surface area (Å²) in [5, 5.41) is 0. The number of hydrogen-bond donors (Lipinski definition) is 0. The molecule has 3 rings (SSSR count). The Balaban J connectivity index is 1.90. The standard InChI is InChI=1S/C22H27NO/c1-17(20-12-7-4-8-13-20)23(16-19-10-5-3-6-11-19)22-15-9-14-21(22)18(2)24/h3-8,10-13,17,21-22H,9,14-16H2,1-2H3/t17-,21+,22-/m0/s1. The van der Waals surface area contributed by atoms with Crippen molar-refractivity contribution in [2.45, 2.75) is 51.7 Å². The molecule has 0 N–H and O–H groups in total. The van der Waals surface area contributed by atoms with Crippen molar-refractivity contribution >= 4 is 5.78 Å². The summed E-state index contributed by atoms with van der Waals surface area (Å²) in [7, 11) is 0. The average Bonchev–Trinajstić information content (AvgIpc) is 3.10. The van der Waals surface area contributed by atoms with Crippen LogP contribution in [0, 0.1) is 5.92 Å². The Morgan fingerprint density at radius 2 is 1.67 bits per heavy atom. The van der Waals surface area contributed by atoms with Crippen molar-refractivity contribution in [3.05, 3.63) is 71.8 Å². The van der Waals surface area contributed by atoms with E-state index in [1.807, 2.05) is 0 Å². The molecule has 0 bridgehead atoms. The number of hydrogen-bond acceptors (Lipinski definition) is 2. The number of nitrogens with zero attached hydrogens (tertiary/aromatic N) is 1. The zero-order chi connectivity index (χ0) is 16.9. The molecule has 0 aliphatic heterocycles. The van der Waals surface area contributed by atoms with Gasteiger partial charge in [0.2, 0.25) is 0 Å². The van der Waals surface area contributed by atoms with Gasteiger partial charge in [0.05, 0.1) is 0 Å². The summed E-state index contributed by atoms with van der Waals surface area (Å²) in [6, 6.07) is 21.9. The third kappa shape index (κ3) is 3.76. The highest BCUT2D eigenvalue weighted by Gasteiger charge is 2.37. The second-order valence-corrected chi connectivity index (χ2v) is 6.96. The van der Waals surface area contributed by atoms with Crippen LogP contribution in [-0.2, 0) is 11.3 Å². The van der Waals surface area contributed by atoms with E-state index in [4.69, 9.17) is 0 Å². The van der Waals surface area contributed by atoms with Crippen LogP contribution in [0.2, 0.25) is 0 Å². The smallest absolute Gasteiger partial charge is 0.134 e. The van der Waals surface area contributed by atoms with Crippen LogP contribution in [0.4, 0.5) is 0 Å². The maximum absolute atomic E-state index is 12.1. The molecule has 0 unspecified atom stereocenters. The Bertz CT molecular complexity index is 652. The number of Topliss-reactive ketones (excluding diaryl/α,β-unsaturated/α-hetero) is 1. The minimum absolute atomic E-state index is 0.180. The molecule has 1 aliphatic carbocycles. The maximum Gasteiger partial charge on any atom is 0.134 e.